The average Bonchev–Trinajstić information content (AvgIpc) is 2.46. The number of carboxylic acid groups (broad SMARTS) is 1. The average molecular weight is 213 g/mol. The SMILES string of the molecule is CC(C)C1CC(CC(=O)O)CN1C(C)C. The molecular formula is C12H23NO2. The highest BCUT2D eigenvalue weighted by atomic mass is 16.4. The zero-order valence-electron chi connectivity index (χ0n) is 10.2. The maximum Gasteiger partial charge on any atom is 0.303 e. The minimum atomic E-state index is -0.659. The van der Waals surface area contributed by atoms with Crippen molar-refractivity contribution in [3.8, 4) is 0 Å². The molecule has 0 aromatic carbocycles. The van der Waals surface area contributed by atoms with Crippen molar-refractivity contribution in [2.75, 3.05) is 6.54 Å². The first kappa shape index (κ1) is 12.5. The summed E-state index contributed by atoms with van der Waals surface area (Å²) in [5, 5.41) is 8.81. The van der Waals surface area contributed by atoms with Gasteiger partial charge in [0.25, 0.3) is 0 Å². The molecule has 1 rings (SSSR count). The van der Waals surface area contributed by atoms with Crippen LogP contribution in [0, 0.1) is 11.8 Å². The van der Waals surface area contributed by atoms with Crippen molar-refractivity contribution in [2.45, 2.75) is 52.6 Å². The minimum absolute atomic E-state index is 0.326. The van der Waals surface area contributed by atoms with Crippen LogP contribution in [0.3, 0.4) is 0 Å². The zero-order valence-corrected chi connectivity index (χ0v) is 10.2. The fraction of sp³-hybridized carbons (Fsp3) is 0.917. The van der Waals surface area contributed by atoms with Crippen LogP contribution in [0.5, 0.6) is 0 Å². The highest BCUT2D eigenvalue weighted by Gasteiger charge is 2.35. The highest BCUT2D eigenvalue weighted by Crippen LogP contribution is 2.31. The van der Waals surface area contributed by atoms with Crippen LogP contribution in [-0.4, -0.2) is 34.6 Å². The second-order valence-electron chi connectivity index (χ2n) is 5.30. The van der Waals surface area contributed by atoms with Gasteiger partial charge >= 0.3 is 5.97 Å². The van der Waals surface area contributed by atoms with E-state index in [4.69, 9.17) is 5.11 Å². The second-order valence-corrected chi connectivity index (χ2v) is 5.30. The Morgan fingerprint density at radius 3 is 2.33 bits per heavy atom. The first-order valence-corrected chi connectivity index (χ1v) is 5.89. The van der Waals surface area contributed by atoms with E-state index in [0.717, 1.165) is 13.0 Å². The number of likely N-dealkylation sites (tertiary alicyclic amines) is 1. The Morgan fingerprint density at radius 2 is 2.00 bits per heavy atom. The van der Waals surface area contributed by atoms with Gasteiger partial charge in [-0.25, -0.2) is 0 Å². The summed E-state index contributed by atoms with van der Waals surface area (Å²) in [6, 6.07) is 1.09. The van der Waals surface area contributed by atoms with E-state index in [0.29, 0.717) is 30.3 Å². The molecule has 1 aliphatic heterocycles. The molecule has 15 heavy (non-hydrogen) atoms. The van der Waals surface area contributed by atoms with Crippen LogP contribution in [0.1, 0.15) is 40.5 Å². The summed E-state index contributed by atoms with van der Waals surface area (Å²) in [5.41, 5.74) is 0. The summed E-state index contributed by atoms with van der Waals surface area (Å²) in [7, 11) is 0. The van der Waals surface area contributed by atoms with Gasteiger partial charge in [0, 0.05) is 25.0 Å². The first-order chi connectivity index (χ1) is 6.91. The van der Waals surface area contributed by atoms with Crippen LogP contribution in [0.4, 0.5) is 0 Å². The van der Waals surface area contributed by atoms with Crippen LogP contribution in [0.25, 0.3) is 0 Å². The Balaban J connectivity index is 2.61. The summed E-state index contributed by atoms with van der Waals surface area (Å²) in [5.74, 6) is 0.302. The van der Waals surface area contributed by atoms with Crippen molar-refractivity contribution in [2.24, 2.45) is 11.8 Å². The van der Waals surface area contributed by atoms with E-state index in [1.807, 2.05) is 0 Å². The minimum Gasteiger partial charge on any atom is -0.481 e. The van der Waals surface area contributed by atoms with E-state index >= 15 is 0 Å². The fourth-order valence-corrected chi connectivity index (χ4v) is 2.63. The number of carboxylic acids is 1. The largest absolute Gasteiger partial charge is 0.481 e. The smallest absolute Gasteiger partial charge is 0.303 e. The molecule has 1 fully saturated rings. The van der Waals surface area contributed by atoms with Gasteiger partial charge in [-0.15, -0.1) is 0 Å². The van der Waals surface area contributed by atoms with Crippen LogP contribution >= 0.6 is 0 Å². The van der Waals surface area contributed by atoms with Crippen molar-refractivity contribution in [1.29, 1.82) is 0 Å². The van der Waals surface area contributed by atoms with E-state index < -0.39 is 5.97 Å². The molecule has 0 aromatic heterocycles. The third-order valence-electron chi connectivity index (χ3n) is 3.37. The van der Waals surface area contributed by atoms with Crippen molar-refractivity contribution >= 4 is 5.97 Å². The van der Waals surface area contributed by atoms with Gasteiger partial charge in [0.1, 0.15) is 0 Å². The molecule has 1 N–H and O–H groups in total. The van der Waals surface area contributed by atoms with Crippen LogP contribution in [0.15, 0.2) is 0 Å². The van der Waals surface area contributed by atoms with Crippen molar-refractivity contribution < 1.29 is 9.90 Å². The molecule has 1 aliphatic rings. The highest BCUT2D eigenvalue weighted by molar-refractivity contribution is 5.67. The molecule has 1 saturated heterocycles. The molecule has 3 nitrogen and oxygen atoms in total. The molecule has 0 saturated carbocycles. The van der Waals surface area contributed by atoms with Gasteiger partial charge < -0.3 is 5.11 Å². The molecular weight excluding hydrogens is 190 g/mol. The molecule has 0 radical (unpaired) electrons. The molecule has 2 unspecified atom stereocenters. The Hall–Kier alpha value is -0.570. The maximum atomic E-state index is 10.7. The van der Waals surface area contributed by atoms with E-state index in [-0.39, 0.29) is 0 Å². The molecule has 0 aliphatic carbocycles. The number of rotatable bonds is 4. The van der Waals surface area contributed by atoms with Gasteiger partial charge in [0.05, 0.1) is 0 Å². The quantitative estimate of drug-likeness (QED) is 0.778. The normalized spacial score (nSPS) is 27.9. The molecule has 0 spiro atoms. The van der Waals surface area contributed by atoms with Crippen molar-refractivity contribution in [1.82, 2.24) is 4.90 Å². The lowest BCUT2D eigenvalue weighted by Crippen LogP contribution is -2.38. The molecule has 3 heteroatoms. The third kappa shape index (κ3) is 3.20. The number of aliphatic carboxylic acids is 1. The summed E-state index contributed by atoms with van der Waals surface area (Å²) in [6.45, 7) is 9.79. The van der Waals surface area contributed by atoms with Gasteiger partial charge in [-0.05, 0) is 32.1 Å². The summed E-state index contributed by atoms with van der Waals surface area (Å²) in [6.07, 6.45) is 1.37. The Morgan fingerprint density at radius 1 is 1.40 bits per heavy atom. The predicted molar refractivity (Wildman–Crippen MR) is 60.8 cm³/mol. The standard InChI is InChI=1S/C12H23NO2/c1-8(2)11-5-10(6-12(14)15)7-13(11)9(3)4/h8-11H,5-7H2,1-4H3,(H,14,15). The van der Waals surface area contributed by atoms with Crippen molar-refractivity contribution in [3.63, 3.8) is 0 Å². The zero-order chi connectivity index (χ0) is 11.6. The van der Waals surface area contributed by atoms with E-state index in [1.54, 1.807) is 0 Å². The van der Waals surface area contributed by atoms with Gasteiger partial charge in [0.15, 0.2) is 0 Å². The Bertz CT molecular complexity index is 210. The van der Waals surface area contributed by atoms with Gasteiger partial charge in [-0.1, -0.05) is 13.8 Å². The third-order valence-corrected chi connectivity index (χ3v) is 3.37. The Labute approximate surface area is 92.5 Å². The van der Waals surface area contributed by atoms with Gasteiger partial charge in [-0.3, -0.25) is 9.69 Å². The van der Waals surface area contributed by atoms with Crippen molar-refractivity contribution in [3.05, 3.63) is 0 Å². The monoisotopic (exact) mass is 213 g/mol. The summed E-state index contributed by atoms with van der Waals surface area (Å²) < 4.78 is 0. The van der Waals surface area contributed by atoms with Crippen LogP contribution in [-0.2, 0) is 4.79 Å². The number of carbonyl (C=O) groups is 1. The molecule has 0 aromatic rings. The lowest BCUT2D eigenvalue weighted by molar-refractivity contribution is -0.138. The molecule has 0 bridgehead atoms. The molecule has 2 atom stereocenters. The van der Waals surface area contributed by atoms with Crippen LogP contribution in [0.2, 0.25) is 0 Å². The molecule has 88 valence electrons. The number of nitrogens with zero attached hydrogens (tertiary/aromatic N) is 1. The second kappa shape index (κ2) is 4.97. The van der Waals surface area contributed by atoms with E-state index in [1.165, 1.54) is 0 Å². The molecule has 1 heterocycles. The predicted octanol–water partition coefficient (Wildman–Crippen LogP) is 2.22. The summed E-state index contributed by atoms with van der Waals surface area (Å²) >= 11 is 0. The van der Waals surface area contributed by atoms with E-state index in [9.17, 15) is 4.79 Å². The fourth-order valence-electron chi connectivity index (χ4n) is 2.63. The topological polar surface area (TPSA) is 40.5 Å². The first-order valence-electron chi connectivity index (χ1n) is 5.89. The van der Waals surface area contributed by atoms with Gasteiger partial charge in [-0.2, -0.15) is 0 Å². The Kier molecular flexibility index (Phi) is 4.14. The maximum absolute atomic E-state index is 10.7. The lowest BCUT2D eigenvalue weighted by atomic mass is 9.95. The number of hydrogen-bond donors (Lipinski definition) is 1. The van der Waals surface area contributed by atoms with Gasteiger partial charge in [0.2, 0.25) is 0 Å². The van der Waals surface area contributed by atoms with E-state index in [2.05, 4.69) is 32.6 Å². The number of hydrogen-bond acceptors (Lipinski definition) is 2. The van der Waals surface area contributed by atoms with Crippen LogP contribution < -0.4 is 0 Å². The molecule has 0 amide bonds. The lowest BCUT2D eigenvalue weighted by Gasteiger charge is -2.30. The summed E-state index contributed by atoms with van der Waals surface area (Å²) in [4.78, 5) is 13.1.